The largest absolute Gasteiger partial charge is 0.349 e. The molecule has 1 aromatic carbocycles. The van der Waals surface area contributed by atoms with Gasteiger partial charge < -0.3 is 4.57 Å². The second kappa shape index (κ2) is 5.46. The van der Waals surface area contributed by atoms with E-state index in [9.17, 15) is 0 Å². The lowest BCUT2D eigenvalue weighted by atomic mass is 10.1. The van der Waals surface area contributed by atoms with Gasteiger partial charge in [-0.25, -0.2) is 4.68 Å². The Balaban J connectivity index is 1.52. The van der Waals surface area contributed by atoms with Gasteiger partial charge >= 0.3 is 0 Å². The molecule has 2 aromatic heterocycles. The lowest BCUT2D eigenvalue weighted by molar-refractivity contribution is 0.161. The molecule has 0 bridgehead atoms. The summed E-state index contributed by atoms with van der Waals surface area (Å²) in [6, 6.07) is 15.1. The molecule has 0 spiro atoms. The average Bonchev–Trinajstić information content (AvgIpc) is 3.20. The first-order chi connectivity index (χ1) is 10.8. The minimum Gasteiger partial charge on any atom is -0.349 e. The van der Waals surface area contributed by atoms with E-state index < -0.39 is 0 Å². The molecule has 0 saturated heterocycles. The summed E-state index contributed by atoms with van der Waals surface area (Å²) in [6.07, 6.45) is 6.29. The van der Waals surface area contributed by atoms with Crippen LogP contribution in [0.1, 0.15) is 24.2 Å². The molecule has 0 radical (unpaired) electrons. The Morgan fingerprint density at radius 1 is 1.09 bits per heavy atom. The van der Waals surface area contributed by atoms with Gasteiger partial charge in [0.1, 0.15) is 0 Å². The fourth-order valence-electron chi connectivity index (χ4n) is 3.24. The maximum atomic E-state index is 4.50. The third-order valence-corrected chi connectivity index (χ3v) is 4.51. The predicted octanol–water partition coefficient (Wildman–Crippen LogP) is 3.25. The summed E-state index contributed by atoms with van der Waals surface area (Å²) in [4.78, 5) is 2.52. The van der Waals surface area contributed by atoms with Crippen molar-refractivity contribution in [3.8, 4) is 5.69 Å². The number of para-hydroxylation sites is 1. The first-order valence-corrected chi connectivity index (χ1v) is 7.79. The molecule has 4 heteroatoms. The van der Waals surface area contributed by atoms with Crippen LogP contribution < -0.4 is 0 Å². The molecule has 112 valence electrons. The summed E-state index contributed by atoms with van der Waals surface area (Å²) in [5, 5.41) is 4.50. The normalized spacial score (nSPS) is 18.3. The lowest BCUT2D eigenvalue weighted by Crippen LogP contribution is -2.35. The number of rotatable bonds is 3. The average molecular weight is 292 g/mol. The number of aromatic nitrogens is 3. The van der Waals surface area contributed by atoms with Gasteiger partial charge in [-0.05, 0) is 31.2 Å². The van der Waals surface area contributed by atoms with Gasteiger partial charge in [0.15, 0.2) is 0 Å². The van der Waals surface area contributed by atoms with Gasteiger partial charge in [-0.3, -0.25) is 4.90 Å². The second-order valence-corrected chi connectivity index (χ2v) is 5.90. The van der Waals surface area contributed by atoms with E-state index in [2.05, 4.69) is 58.1 Å². The molecule has 22 heavy (non-hydrogen) atoms. The van der Waals surface area contributed by atoms with Crippen molar-refractivity contribution in [1.29, 1.82) is 0 Å². The molecular formula is C18H20N4. The highest BCUT2D eigenvalue weighted by Gasteiger charge is 2.23. The molecule has 1 atom stereocenters. The first kappa shape index (κ1) is 13.3. The van der Waals surface area contributed by atoms with E-state index in [1.807, 2.05) is 29.1 Å². The van der Waals surface area contributed by atoms with Crippen LogP contribution in [-0.4, -0.2) is 25.8 Å². The van der Waals surface area contributed by atoms with Crippen LogP contribution in [0, 0.1) is 0 Å². The van der Waals surface area contributed by atoms with Crippen LogP contribution in [0.15, 0.2) is 61.1 Å². The van der Waals surface area contributed by atoms with Crippen LogP contribution in [0.3, 0.4) is 0 Å². The molecule has 0 aliphatic carbocycles. The number of nitrogens with zero attached hydrogens (tertiary/aromatic N) is 4. The Hall–Kier alpha value is -2.33. The second-order valence-electron chi connectivity index (χ2n) is 5.90. The van der Waals surface area contributed by atoms with E-state index >= 15 is 0 Å². The van der Waals surface area contributed by atoms with Gasteiger partial charge in [-0.2, -0.15) is 5.10 Å². The van der Waals surface area contributed by atoms with Gasteiger partial charge in [0.05, 0.1) is 11.9 Å². The molecular weight excluding hydrogens is 272 g/mol. The molecule has 4 nitrogen and oxygen atoms in total. The molecule has 1 unspecified atom stereocenters. The van der Waals surface area contributed by atoms with Crippen LogP contribution in [0.4, 0.5) is 0 Å². The first-order valence-electron chi connectivity index (χ1n) is 7.79. The zero-order chi connectivity index (χ0) is 14.9. The van der Waals surface area contributed by atoms with Crippen molar-refractivity contribution in [2.75, 3.05) is 6.54 Å². The van der Waals surface area contributed by atoms with E-state index in [-0.39, 0.29) is 0 Å². The Bertz CT molecular complexity index is 756. The summed E-state index contributed by atoms with van der Waals surface area (Å²) in [6.45, 7) is 5.38. The van der Waals surface area contributed by atoms with E-state index in [1.165, 1.54) is 11.3 Å². The Morgan fingerprint density at radius 3 is 2.82 bits per heavy atom. The molecule has 0 amide bonds. The molecule has 0 N–H and O–H groups in total. The molecule has 1 aliphatic heterocycles. The van der Waals surface area contributed by atoms with Crippen molar-refractivity contribution in [3.05, 3.63) is 72.3 Å². The molecule has 3 aromatic rings. The fraction of sp³-hybridized carbons (Fsp3) is 0.278. The molecule has 0 saturated carbocycles. The van der Waals surface area contributed by atoms with Crippen LogP contribution in [-0.2, 0) is 13.1 Å². The van der Waals surface area contributed by atoms with Gasteiger partial charge in [0, 0.05) is 49.3 Å². The zero-order valence-electron chi connectivity index (χ0n) is 12.8. The topological polar surface area (TPSA) is 26.0 Å². The predicted molar refractivity (Wildman–Crippen MR) is 86.8 cm³/mol. The zero-order valence-corrected chi connectivity index (χ0v) is 12.8. The minimum absolute atomic E-state index is 0.448. The molecule has 0 fully saturated rings. The van der Waals surface area contributed by atoms with E-state index in [0.717, 1.165) is 25.3 Å². The minimum atomic E-state index is 0.448. The van der Waals surface area contributed by atoms with Crippen LogP contribution in [0.5, 0.6) is 0 Å². The highest BCUT2D eigenvalue weighted by molar-refractivity contribution is 5.31. The van der Waals surface area contributed by atoms with Gasteiger partial charge in [0.25, 0.3) is 0 Å². The summed E-state index contributed by atoms with van der Waals surface area (Å²) in [5.74, 6) is 0. The van der Waals surface area contributed by atoms with Crippen molar-refractivity contribution >= 4 is 0 Å². The van der Waals surface area contributed by atoms with E-state index in [0.29, 0.717) is 6.04 Å². The summed E-state index contributed by atoms with van der Waals surface area (Å²) in [5.41, 5.74) is 3.77. The maximum absolute atomic E-state index is 4.50. The monoisotopic (exact) mass is 292 g/mol. The highest BCUT2D eigenvalue weighted by atomic mass is 15.3. The number of hydrogen-bond donors (Lipinski definition) is 0. The van der Waals surface area contributed by atoms with Crippen molar-refractivity contribution in [2.24, 2.45) is 0 Å². The van der Waals surface area contributed by atoms with Crippen molar-refractivity contribution < 1.29 is 0 Å². The smallest absolute Gasteiger partial charge is 0.0645 e. The fourth-order valence-corrected chi connectivity index (χ4v) is 3.24. The van der Waals surface area contributed by atoms with Crippen molar-refractivity contribution in [2.45, 2.75) is 26.1 Å². The highest BCUT2D eigenvalue weighted by Crippen LogP contribution is 2.26. The van der Waals surface area contributed by atoms with Crippen LogP contribution in [0.2, 0.25) is 0 Å². The quantitative estimate of drug-likeness (QED) is 0.740. The summed E-state index contributed by atoms with van der Waals surface area (Å²) < 4.78 is 4.31. The lowest BCUT2D eigenvalue weighted by Gasteiger charge is -2.34. The van der Waals surface area contributed by atoms with Crippen molar-refractivity contribution in [3.63, 3.8) is 0 Å². The number of benzene rings is 1. The Morgan fingerprint density at radius 2 is 1.95 bits per heavy atom. The summed E-state index contributed by atoms with van der Waals surface area (Å²) >= 11 is 0. The summed E-state index contributed by atoms with van der Waals surface area (Å²) in [7, 11) is 0. The Kier molecular flexibility index (Phi) is 3.31. The standard InChI is InChI=1S/C18H20N4/c1-15-18-8-5-9-20(18)10-11-21(15)13-16-12-19-22(14-16)17-6-3-2-4-7-17/h2-9,12,14-15H,10-11,13H2,1H3. The maximum Gasteiger partial charge on any atom is 0.0645 e. The third-order valence-electron chi connectivity index (χ3n) is 4.51. The SMILES string of the molecule is CC1c2cccn2CCN1Cc1cnn(-c2ccccc2)c1. The van der Waals surface area contributed by atoms with E-state index in [1.54, 1.807) is 0 Å². The van der Waals surface area contributed by atoms with E-state index in [4.69, 9.17) is 0 Å². The Labute approximate surface area is 130 Å². The van der Waals surface area contributed by atoms with Crippen LogP contribution >= 0.6 is 0 Å². The van der Waals surface area contributed by atoms with Gasteiger partial charge in [-0.15, -0.1) is 0 Å². The molecule has 4 rings (SSSR count). The molecule has 3 heterocycles. The van der Waals surface area contributed by atoms with Crippen LogP contribution in [0.25, 0.3) is 5.69 Å². The van der Waals surface area contributed by atoms with Gasteiger partial charge in [0.2, 0.25) is 0 Å². The molecule has 1 aliphatic rings. The van der Waals surface area contributed by atoms with Crippen molar-refractivity contribution in [1.82, 2.24) is 19.2 Å². The number of fused-ring (bicyclic) bond motifs is 1. The third kappa shape index (κ3) is 2.35. The number of hydrogen-bond acceptors (Lipinski definition) is 2. The van der Waals surface area contributed by atoms with Gasteiger partial charge in [-0.1, -0.05) is 18.2 Å².